The second kappa shape index (κ2) is 4.88. The van der Waals surface area contributed by atoms with Gasteiger partial charge in [0.1, 0.15) is 17.9 Å². The lowest BCUT2D eigenvalue weighted by Gasteiger charge is -2.04. The van der Waals surface area contributed by atoms with Gasteiger partial charge in [-0.1, -0.05) is 0 Å². The first kappa shape index (κ1) is 11.5. The third kappa shape index (κ3) is 2.57. The van der Waals surface area contributed by atoms with E-state index in [2.05, 4.69) is 0 Å². The zero-order valence-electron chi connectivity index (χ0n) is 9.43. The summed E-state index contributed by atoms with van der Waals surface area (Å²) in [7, 11) is 1.61. The highest BCUT2D eigenvalue weighted by molar-refractivity contribution is 5.95. The van der Waals surface area contributed by atoms with Gasteiger partial charge in [0, 0.05) is 12.5 Å². The van der Waals surface area contributed by atoms with Crippen molar-refractivity contribution in [1.82, 2.24) is 0 Å². The monoisotopic (exact) mass is 235 g/mol. The maximum atomic E-state index is 10.9. The molecule has 17 heavy (non-hydrogen) atoms. The normalized spacial score (nSPS) is 10.6. The zero-order valence-corrected chi connectivity index (χ0v) is 9.43. The fourth-order valence-corrected chi connectivity index (χ4v) is 1.48. The second-order valence-corrected chi connectivity index (χ2v) is 3.52. The second-order valence-electron chi connectivity index (χ2n) is 3.52. The molecule has 1 aromatic heterocycles. The summed E-state index contributed by atoms with van der Waals surface area (Å²) in [4.78, 5) is 10.9. The first-order valence-corrected chi connectivity index (χ1v) is 5.16. The number of methoxy groups -OCH3 is 1. The Bertz CT molecular complexity index is 532. The molecule has 0 atom stereocenters. The van der Waals surface area contributed by atoms with E-state index < -0.39 is 5.91 Å². The molecule has 5 heteroatoms. The summed E-state index contributed by atoms with van der Waals surface area (Å²) in [5.74, 6) is 0.267. The van der Waals surface area contributed by atoms with Crippen molar-refractivity contribution in [3.63, 3.8) is 0 Å². The summed E-state index contributed by atoms with van der Waals surface area (Å²) < 4.78 is 15.6. The zero-order chi connectivity index (χ0) is 12.3. The van der Waals surface area contributed by atoms with Crippen molar-refractivity contribution >= 4 is 16.9 Å². The van der Waals surface area contributed by atoms with Gasteiger partial charge in [0.15, 0.2) is 5.76 Å². The summed E-state index contributed by atoms with van der Waals surface area (Å²) in [5.41, 5.74) is 5.74. The molecule has 0 radical (unpaired) electrons. The minimum Gasteiger partial charge on any atom is -0.491 e. The Labute approximate surface area is 98.1 Å². The number of hydrogen-bond acceptors (Lipinski definition) is 4. The molecule has 1 amide bonds. The van der Waals surface area contributed by atoms with Crippen LogP contribution in [0.25, 0.3) is 11.0 Å². The molecule has 0 fully saturated rings. The number of primary amides is 1. The van der Waals surface area contributed by atoms with Crippen LogP contribution in [-0.2, 0) is 4.74 Å². The summed E-state index contributed by atoms with van der Waals surface area (Å²) in [6.07, 6.45) is 0. The van der Waals surface area contributed by atoms with Gasteiger partial charge in [0.2, 0.25) is 0 Å². The molecule has 0 saturated carbocycles. The number of furan rings is 1. The van der Waals surface area contributed by atoms with Crippen molar-refractivity contribution in [1.29, 1.82) is 0 Å². The van der Waals surface area contributed by atoms with Gasteiger partial charge in [-0.25, -0.2) is 0 Å². The van der Waals surface area contributed by atoms with Crippen LogP contribution in [0, 0.1) is 0 Å². The van der Waals surface area contributed by atoms with Crippen LogP contribution in [0.15, 0.2) is 28.7 Å². The molecule has 0 bridgehead atoms. The molecule has 90 valence electrons. The Balaban J connectivity index is 2.21. The van der Waals surface area contributed by atoms with E-state index in [1.165, 1.54) is 0 Å². The maximum absolute atomic E-state index is 10.9. The Morgan fingerprint density at radius 1 is 1.35 bits per heavy atom. The number of hydrogen-bond donors (Lipinski definition) is 1. The van der Waals surface area contributed by atoms with Gasteiger partial charge in [0.25, 0.3) is 5.91 Å². The molecule has 0 aliphatic rings. The smallest absolute Gasteiger partial charge is 0.284 e. The summed E-state index contributed by atoms with van der Waals surface area (Å²) in [6.45, 7) is 0.999. The van der Waals surface area contributed by atoms with Crippen LogP contribution in [0.4, 0.5) is 0 Å². The minimum atomic E-state index is -0.581. The number of amides is 1. The van der Waals surface area contributed by atoms with Gasteiger partial charge in [-0.3, -0.25) is 4.79 Å². The van der Waals surface area contributed by atoms with Gasteiger partial charge in [-0.05, 0) is 24.3 Å². The number of nitrogens with two attached hydrogens (primary N) is 1. The van der Waals surface area contributed by atoms with Gasteiger partial charge in [0.05, 0.1) is 6.61 Å². The third-order valence-electron chi connectivity index (χ3n) is 2.29. The molecular formula is C12H13NO4. The number of fused-ring (bicyclic) bond motifs is 1. The number of ether oxygens (including phenoxy) is 2. The highest BCUT2D eigenvalue weighted by Crippen LogP contribution is 2.24. The molecule has 0 saturated heterocycles. The van der Waals surface area contributed by atoms with Crippen LogP contribution >= 0.6 is 0 Å². The van der Waals surface area contributed by atoms with Gasteiger partial charge < -0.3 is 19.6 Å². The van der Waals surface area contributed by atoms with E-state index in [1.54, 1.807) is 31.4 Å². The van der Waals surface area contributed by atoms with Crippen LogP contribution in [-0.4, -0.2) is 26.2 Å². The largest absolute Gasteiger partial charge is 0.491 e. The lowest BCUT2D eigenvalue weighted by atomic mass is 10.2. The van der Waals surface area contributed by atoms with Crippen LogP contribution in [0.5, 0.6) is 5.75 Å². The molecule has 2 aromatic rings. The van der Waals surface area contributed by atoms with Crippen molar-refractivity contribution in [3.8, 4) is 5.75 Å². The fraction of sp³-hybridized carbons (Fsp3) is 0.250. The van der Waals surface area contributed by atoms with Crippen LogP contribution in [0.1, 0.15) is 10.6 Å². The predicted octanol–water partition coefficient (Wildman–Crippen LogP) is 1.56. The molecule has 1 heterocycles. The SMILES string of the molecule is COCCOc1ccc2oc(C(N)=O)cc2c1. The topological polar surface area (TPSA) is 74.7 Å². The van der Waals surface area contributed by atoms with E-state index in [1.807, 2.05) is 0 Å². The molecule has 2 N–H and O–H groups in total. The molecule has 1 aromatic carbocycles. The highest BCUT2D eigenvalue weighted by atomic mass is 16.5. The number of carbonyl (C=O) groups is 1. The van der Waals surface area contributed by atoms with Crippen molar-refractivity contribution in [3.05, 3.63) is 30.0 Å². The third-order valence-corrected chi connectivity index (χ3v) is 2.29. The average Bonchev–Trinajstić information content (AvgIpc) is 2.72. The van der Waals surface area contributed by atoms with E-state index >= 15 is 0 Å². The summed E-state index contributed by atoms with van der Waals surface area (Å²) in [6, 6.07) is 6.90. The standard InChI is InChI=1S/C12H13NO4/c1-15-4-5-16-9-2-3-10-8(6-9)7-11(17-10)12(13)14/h2-3,6-7H,4-5H2,1H3,(H2,13,14). The van der Waals surface area contributed by atoms with Gasteiger partial charge in [-0.15, -0.1) is 0 Å². The summed E-state index contributed by atoms with van der Waals surface area (Å²) in [5, 5.41) is 0.786. The van der Waals surface area contributed by atoms with Gasteiger partial charge >= 0.3 is 0 Å². The first-order valence-electron chi connectivity index (χ1n) is 5.16. The number of rotatable bonds is 5. The van der Waals surface area contributed by atoms with Crippen molar-refractivity contribution < 1.29 is 18.7 Å². The van der Waals surface area contributed by atoms with Crippen molar-refractivity contribution in [2.75, 3.05) is 20.3 Å². The van der Waals surface area contributed by atoms with E-state index in [4.69, 9.17) is 19.6 Å². The van der Waals surface area contributed by atoms with Crippen LogP contribution < -0.4 is 10.5 Å². The predicted molar refractivity (Wildman–Crippen MR) is 62.1 cm³/mol. The Morgan fingerprint density at radius 2 is 2.18 bits per heavy atom. The molecule has 5 nitrogen and oxygen atoms in total. The first-order chi connectivity index (χ1) is 8.20. The molecule has 0 aliphatic heterocycles. The van der Waals surface area contributed by atoms with E-state index in [0.29, 0.717) is 24.5 Å². The molecule has 2 rings (SSSR count). The summed E-state index contributed by atoms with van der Waals surface area (Å²) >= 11 is 0. The Morgan fingerprint density at radius 3 is 2.88 bits per heavy atom. The lowest BCUT2D eigenvalue weighted by molar-refractivity contribution is 0.0976. The van der Waals surface area contributed by atoms with Gasteiger partial charge in [-0.2, -0.15) is 0 Å². The van der Waals surface area contributed by atoms with Crippen LogP contribution in [0.3, 0.4) is 0 Å². The maximum Gasteiger partial charge on any atom is 0.284 e. The molecule has 0 unspecified atom stereocenters. The van der Waals surface area contributed by atoms with Crippen LogP contribution in [0.2, 0.25) is 0 Å². The number of benzene rings is 1. The van der Waals surface area contributed by atoms with E-state index in [0.717, 1.165) is 5.39 Å². The van der Waals surface area contributed by atoms with E-state index in [-0.39, 0.29) is 5.76 Å². The fourth-order valence-electron chi connectivity index (χ4n) is 1.48. The highest BCUT2D eigenvalue weighted by Gasteiger charge is 2.09. The van der Waals surface area contributed by atoms with E-state index in [9.17, 15) is 4.79 Å². The van der Waals surface area contributed by atoms with Crippen molar-refractivity contribution in [2.45, 2.75) is 0 Å². The van der Waals surface area contributed by atoms with Crippen molar-refractivity contribution in [2.24, 2.45) is 5.73 Å². The minimum absolute atomic E-state index is 0.147. The quantitative estimate of drug-likeness (QED) is 0.798. The lowest BCUT2D eigenvalue weighted by Crippen LogP contribution is -2.08. The molecule has 0 spiro atoms. The number of carbonyl (C=O) groups excluding carboxylic acids is 1. The molecule has 0 aliphatic carbocycles. The Kier molecular flexibility index (Phi) is 3.30. The average molecular weight is 235 g/mol. The molecular weight excluding hydrogens is 222 g/mol. The Hall–Kier alpha value is -2.01.